The van der Waals surface area contributed by atoms with Gasteiger partial charge in [0.15, 0.2) is 5.65 Å². The summed E-state index contributed by atoms with van der Waals surface area (Å²) in [5.74, 6) is 0.606. The maximum atomic E-state index is 12.7. The summed E-state index contributed by atoms with van der Waals surface area (Å²) < 4.78 is 4.98. The third-order valence-electron chi connectivity index (χ3n) is 4.77. The zero-order valence-electron chi connectivity index (χ0n) is 14.2. The molecule has 3 aromatic heterocycles. The molecule has 3 aromatic rings. The quantitative estimate of drug-likeness (QED) is 0.741. The Morgan fingerprint density at radius 2 is 2.12 bits per heavy atom. The van der Waals surface area contributed by atoms with Gasteiger partial charge in [-0.2, -0.15) is 5.10 Å². The average Bonchev–Trinajstić information content (AvgIpc) is 3.31. The van der Waals surface area contributed by atoms with Crippen molar-refractivity contribution in [3.63, 3.8) is 0 Å². The maximum Gasteiger partial charge on any atom is 0.350 e. The molecule has 0 aromatic carbocycles. The highest BCUT2D eigenvalue weighted by Crippen LogP contribution is 2.39. The van der Waals surface area contributed by atoms with Crippen LogP contribution >= 0.6 is 0 Å². The van der Waals surface area contributed by atoms with Crippen LogP contribution in [0.2, 0.25) is 0 Å². The summed E-state index contributed by atoms with van der Waals surface area (Å²) in [4.78, 5) is 12.7. The van der Waals surface area contributed by atoms with Gasteiger partial charge in [-0.25, -0.2) is 13.9 Å². The van der Waals surface area contributed by atoms with Gasteiger partial charge >= 0.3 is 5.69 Å². The summed E-state index contributed by atoms with van der Waals surface area (Å²) in [7, 11) is 1.93. The second kappa shape index (κ2) is 5.47. The lowest BCUT2D eigenvalue weighted by atomic mass is 10.1. The predicted molar refractivity (Wildman–Crippen MR) is 93.1 cm³/mol. The lowest BCUT2D eigenvalue weighted by molar-refractivity contribution is 0.601. The van der Waals surface area contributed by atoms with Gasteiger partial charge in [0.05, 0.1) is 17.9 Å². The number of hydrogen-bond donors (Lipinski definition) is 0. The Bertz CT molecular complexity index is 1000. The number of fused-ring (bicyclic) bond motifs is 1. The predicted octanol–water partition coefficient (Wildman–Crippen LogP) is 2.58. The Labute approximate surface area is 140 Å². The molecule has 0 spiro atoms. The van der Waals surface area contributed by atoms with E-state index in [2.05, 4.69) is 16.3 Å². The van der Waals surface area contributed by atoms with Crippen molar-refractivity contribution in [2.75, 3.05) is 0 Å². The first kappa shape index (κ1) is 14.9. The Morgan fingerprint density at radius 1 is 1.33 bits per heavy atom. The molecule has 0 atom stereocenters. The van der Waals surface area contributed by atoms with E-state index in [-0.39, 0.29) is 5.69 Å². The Balaban J connectivity index is 1.72. The number of pyridine rings is 1. The molecule has 4 rings (SSSR count). The fourth-order valence-electron chi connectivity index (χ4n) is 2.93. The van der Waals surface area contributed by atoms with Gasteiger partial charge in [0.2, 0.25) is 0 Å². The van der Waals surface area contributed by atoms with E-state index in [1.54, 1.807) is 4.40 Å². The lowest BCUT2D eigenvalue weighted by Gasteiger charge is -2.00. The molecule has 0 unspecified atom stereocenters. The van der Waals surface area contributed by atoms with E-state index in [0.29, 0.717) is 18.1 Å². The molecule has 24 heavy (non-hydrogen) atoms. The van der Waals surface area contributed by atoms with Crippen LogP contribution in [0.25, 0.3) is 11.2 Å². The van der Waals surface area contributed by atoms with Crippen molar-refractivity contribution in [2.24, 2.45) is 7.05 Å². The molecule has 0 amide bonds. The summed E-state index contributed by atoms with van der Waals surface area (Å²) in [5, 5.41) is 9.01. The summed E-state index contributed by atoms with van der Waals surface area (Å²) in [6.45, 7) is 4.46. The first-order chi connectivity index (χ1) is 11.6. The van der Waals surface area contributed by atoms with Crippen molar-refractivity contribution in [3.05, 3.63) is 57.9 Å². The summed E-state index contributed by atoms with van der Waals surface area (Å²) in [6, 6.07) is 5.99. The van der Waals surface area contributed by atoms with Crippen molar-refractivity contribution in [2.45, 2.75) is 39.2 Å². The van der Waals surface area contributed by atoms with E-state index in [0.717, 1.165) is 22.5 Å². The third kappa shape index (κ3) is 2.48. The second-order valence-electron chi connectivity index (χ2n) is 6.52. The van der Waals surface area contributed by atoms with Gasteiger partial charge in [-0.05, 0) is 56.0 Å². The van der Waals surface area contributed by atoms with Gasteiger partial charge in [0.1, 0.15) is 0 Å². The van der Waals surface area contributed by atoms with Crippen LogP contribution in [-0.4, -0.2) is 24.0 Å². The maximum absolute atomic E-state index is 12.7. The molecular weight excluding hydrogens is 302 g/mol. The molecule has 1 saturated carbocycles. The largest absolute Gasteiger partial charge is 0.350 e. The minimum Gasteiger partial charge on any atom is -0.270 e. The minimum atomic E-state index is -0.120. The molecule has 1 fully saturated rings. The molecule has 1 aliphatic carbocycles. The van der Waals surface area contributed by atoms with Gasteiger partial charge in [-0.15, -0.1) is 5.10 Å². The highest BCUT2D eigenvalue weighted by atomic mass is 16.2. The number of aryl methyl sites for hydroxylation is 1. The Morgan fingerprint density at radius 3 is 2.83 bits per heavy atom. The van der Waals surface area contributed by atoms with Crippen LogP contribution in [0, 0.1) is 0 Å². The van der Waals surface area contributed by atoms with E-state index in [1.165, 1.54) is 17.5 Å². The van der Waals surface area contributed by atoms with E-state index in [1.807, 2.05) is 50.0 Å². The van der Waals surface area contributed by atoms with Crippen LogP contribution in [0.1, 0.15) is 49.6 Å². The normalized spacial score (nSPS) is 15.4. The van der Waals surface area contributed by atoms with Gasteiger partial charge in [-0.1, -0.05) is 6.08 Å². The van der Waals surface area contributed by atoms with Crippen LogP contribution in [0.3, 0.4) is 0 Å². The fraction of sp³-hybridized carbons (Fsp3) is 0.389. The molecule has 0 radical (unpaired) electrons. The molecule has 0 bridgehead atoms. The van der Waals surface area contributed by atoms with E-state index in [9.17, 15) is 4.79 Å². The minimum absolute atomic E-state index is 0.120. The van der Waals surface area contributed by atoms with Crippen molar-refractivity contribution in [3.8, 4) is 0 Å². The van der Waals surface area contributed by atoms with Crippen molar-refractivity contribution < 1.29 is 0 Å². The molecule has 0 N–H and O–H groups in total. The summed E-state index contributed by atoms with van der Waals surface area (Å²) in [6.07, 6.45) is 6.33. The number of rotatable bonds is 4. The highest BCUT2D eigenvalue weighted by molar-refractivity contribution is 5.64. The van der Waals surface area contributed by atoms with E-state index < -0.39 is 0 Å². The van der Waals surface area contributed by atoms with Crippen LogP contribution < -0.4 is 5.69 Å². The number of nitrogens with zero attached hydrogens (tertiary/aromatic N) is 5. The molecule has 6 heteroatoms. The third-order valence-corrected chi connectivity index (χ3v) is 4.77. The standard InChI is InChI=1S/C18H21N5O/c1-4-12(2)14-7-8-17-20-23(18(24)22(17)10-14)11-15-9-16(13-5-6-13)19-21(15)3/h4,7-10,13H,5-6,11H2,1-3H3. The SMILES string of the molecule is CC=C(C)c1ccc2nn(Cc3cc(C4CC4)nn3C)c(=O)n2c1. The molecule has 6 nitrogen and oxygen atoms in total. The molecule has 124 valence electrons. The van der Waals surface area contributed by atoms with Crippen LogP contribution in [-0.2, 0) is 13.6 Å². The number of hydrogen-bond acceptors (Lipinski definition) is 3. The molecular formula is C18H21N5O. The van der Waals surface area contributed by atoms with Crippen molar-refractivity contribution in [1.82, 2.24) is 24.0 Å². The van der Waals surface area contributed by atoms with Gasteiger partial charge in [0, 0.05) is 19.2 Å². The topological polar surface area (TPSA) is 57.1 Å². The highest BCUT2D eigenvalue weighted by Gasteiger charge is 2.27. The molecule has 1 aliphatic rings. The smallest absolute Gasteiger partial charge is 0.270 e. The lowest BCUT2D eigenvalue weighted by Crippen LogP contribution is -2.22. The van der Waals surface area contributed by atoms with E-state index >= 15 is 0 Å². The zero-order valence-corrected chi connectivity index (χ0v) is 14.2. The van der Waals surface area contributed by atoms with E-state index in [4.69, 9.17) is 0 Å². The average molecular weight is 323 g/mol. The molecule has 0 saturated heterocycles. The van der Waals surface area contributed by atoms with Gasteiger partial charge < -0.3 is 0 Å². The Kier molecular flexibility index (Phi) is 3.40. The molecule has 3 heterocycles. The number of allylic oxidation sites excluding steroid dienone is 2. The zero-order chi connectivity index (χ0) is 16.8. The second-order valence-corrected chi connectivity index (χ2v) is 6.52. The van der Waals surface area contributed by atoms with Crippen molar-refractivity contribution in [1.29, 1.82) is 0 Å². The fourth-order valence-corrected chi connectivity index (χ4v) is 2.93. The monoisotopic (exact) mass is 323 g/mol. The number of aromatic nitrogens is 5. The first-order valence-electron chi connectivity index (χ1n) is 8.32. The van der Waals surface area contributed by atoms with Crippen LogP contribution in [0.15, 0.2) is 35.3 Å². The van der Waals surface area contributed by atoms with Gasteiger partial charge in [-0.3, -0.25) is 4.68 Å². The van der Waals surface area contributed by atoms with Crippen LogP contribution in [0.4, 0.5) is 0 Å². The summed E-state index contributed by atoms with van der Waals surface area (Å²) >= 11 is 0. The van der Waals surface area contributed by atoms with Crippen LogP contribution in [0.5, 0.6) is 0 Å². The summed E-state index contributed by atoms with van der Waals surface area (Å²) in [5.41, 5.74) is 4.85. The first-order valence-corrected chi connectivity index (χ1v) is 8.32. The Hall–Kier alpha value is -2.63. The van der Waals surface area contributed by atoms with Gasteiger partial charge in [0.25, 0.3) is 0 Å². The molecule has 0 aliphatic heterocycles. The van der Waals surface area contributed by atoms with Crippen molar-refractivity contribution >= 4 is 11.2 Å².